The van der Waals surface area contributed by atoms with Crippen molar-refractivity contribution in [1.82, 2.24) is 0 Å². The van der Waals surface area contributed by atoms with E-state index >= 15 is 0 Å². The zero-order valence-electron chi connectivity index (χ0n) is 13.6. The summed E-state index contributed by atoms with van der Waals surface area (Å²) in [6, 6.07) is 15.5. The molecule has 4 nitrogen and oxygen atoms in total. The van der Waals surface area contributed by atoms with Crippen molar-refractivity contribution in [2.24, 2.45) is 11.1 Å². The van der Waals surface area contributed by atoms with E-state index in [0.29, 0.717) is 5.02 Å². The van der Waals surface area contributed by atoms with Gasteiger partial charge >= 0.3 is 0 Å². The molecule has 3 rings (SSSR count). The first-order valence-electron chi connectivity index (χ1n) is 7.69. The Balaban J connectivity index is 2.14. The smallest absolute Gasteiger partial charge is 0.182 e. The summed E-state index contributed by atoms with van der Waals surface area (Å²) in [6.45, 7) is 0.135. The number of methoxy groups -OCH3 is 1. The van der Waals surface area contributed by atoms with Crippen LogP contribution in [0.4, 0.5) is 0 Å². The zero-order valence-corrected chi connectivity index (χ0v) is 15.9. The second-order valence-corrected chi connectivity index (χ2v) is 9.09. The molecule has 3 atom stereocenters. The van der Waals surface area contributed by atoms with Crippen LogP contribution in [-0.2, 0) is 14.6 Å². The maximum absolute atomic E-state index is 13.3. The van der Waals surface area contributed by atoms with E-state index in [1.54, 1.807) is 48.5 Å². The van der Waals surface area contributed by atoms with Crippen LogP contribution in [0.2, 0.25) is 5.02 Å². The highest BCUT2D eigenvalue weighted by Gasteiger charge is 2.73. The van der Waals surface area contributed by atoms with Crippen LogP contribution in [-0.4, -0.2) is 32.4 Å². The number of ether oxygens (including phenoxy) is 1. The van der Waals surface area contributed by atoms with Gasteiger partial charge in [0.2, 0.25) is 0 Å². The van der Waals surface area contributed by atoms with Crippen molar-refractivity contribution in [3.05, 3.63) is 65.2 Å². The fourth-order valence-electron chi connectivity index (χ4n) is 3.57. The van der Waals surface area contributed by atoms with Crippen LogP contribution in [0.15, 0.2) is 59.5 Å². The van der Waals surface area contributed by atoms with Gasteiger partial charge in [-0.25, -0.2) is 8.42 Å². The number of hydrogen-bond donors (Lipinski definition) is 1. The molecular formula is C18H18ClNO3S2. The van der Waals surface area contributed by atoms with E-state index in [0.717, 1.165) is 5.56 Å². The second kappa shape index (κ2) is 6.68. The molecule has 1 fully saturated rings. The summed E-state index contributed by atoms with van der Waals surface area (Å²) in [5.74, 6) is -0.395. The molecule has 0 amide bonds. The molecule has 25 heavy (non-hydrogen) atoms. The summed E-state index contributed by atoms with van der Waals surface area (Å²) in [4.78, 5) is 0.394. The highest BCUT2D eigenvalue weighted by molar-refractivity contribution is 7.92. The van der Waals surface area contributed by atoms with Gasteiger partial charge in [-0.15, -0.1) is 0 Å². The maximum atomic E-state index is 13.3. The minimum atomic E-state index is -3.64. The van der Waals surface area contributed by atoms with Crippen LogP contribution < -0.4 is 5.73 Å². The van der Waals surface area contributed by atoms with Crippen molar-refractivity contribution in [3.8, 4) is 0 Å². The minimum Gasteiger partial charge on any atom is -0.393 e. The van der Waals surface area contributed by atoms with E-state index < -0.39 is 26.4 Å². The number of thiocarbonyl (C=S) groups is 1. The summed E-state index contributed by atoms with van der Waals surface area (Å²) >= 11 is 11.4. The SMILES string of the molecule is COC[C@]1(C(N)=S)[C@H](c2cccc(Cl)c2)[C@H]1S(=O)(=O)c1ccccc1. The molecule has 132 valence electrons. The molecule has 0 radical (unpaired) electrons. The number of halogens is 1. The minimum absolute atomic E-state index is 0.135. The van der Waals surface area contributed by atoms with E-state index in [9.17, 15) is 8.42 Å². The van der Waals surface area contributed by atoms with E-state index in [4.69, 9.17) is 34.3 Å². The summed E-state index contributed by atoms with van der Waals surface area (Å²) in [5, 5.41) is -0.243. The van der Waals surface area contributed by atoms with Gasteiger partial charge in [-0.3, -0.25) is 0 Å². The highest BCUT2D eigenvalue weighted by Crippen LogP contribution is 2.64. The van der Waals surface area contributed by atoms with Gasteiger partial charge < -0.3 is 10.5 Å². The van der Waals surface area contributed by atoms with Gasteiger partial charge in [0.05, 0.1) is 27.2 Å². The van der Waals surface area contributed by atoms with Crippen LogP contribution in [0, 0.1) is 5.41 Å². The number of rotatable bonds is 6. The molecule has 0 aliphatic heterocycles. The number of hydrogen-bond acceptors (Lipinski definition) is 4. The highest BCUT2D eigenvalue weighted by atomic mass is 35.5. The van der Waals surface area contributed by atoms with Crippen LogP contribution >= 0.6 is 23.8 Å². The third kappa shape index (κ3) is 2.97. The van der Waals surface area contributed by atoms with Crippen LogP contribution in [0.3, 0.4) is 0 Å². The third-order valence-corrected chi connectivity index (χ3v) is 7.62. The van der Waals surface area contributed by atoms with Crippen molar-refractivity contribution in [2.75, 3.05) is 13.7 Å². The van der Waals surface area contributed by atoms with Crippen LogP contribution in [0.25, 0.3) is 0 Å². The average molecular weight is 396 g/mol. The van der Waals surface area contributed by atoms with Gasteiger partial charge in [0, 0.05) is 18.1 Å². The predicted octanol–water partition coefficient (Wildman–Crippen LogP) is 3.20. The van der Waals surface area contributed by atoms with E-state index in [2.05, 4.69) is 0 Å². The van der Waals surface area contributed by atoms with Gasteiger partial charge in [-0.1, -0.05) is 54.2 Å². The summed E-state index contributed by atoms with van der Waals surface area (Å²) in [6.07, 6.45) is 0. The van der Waals surface area contributed by atoms with Gasteiger partial charge in [0.1, 0.15) is 0 Å². The molecule has 1 saturated carbocycles. The first-order chi connectivity index (χ1) is 11.9. The summed E-state index contributed by atoms with van der Waals surface area (Å²) < 4.78 is 31.8. The van der Waals surface area contributed by atoms with Gasteiger partial charge in [-0.2, -0.15) is 0 Å². The molecule has 1 aliphatic rings. The average Bonchev–Trinajstić information content (AvgIpc) is 3.27. The molecule has 7 heteroatoms. The normalized spacial score (nSPS) is 25.5. The Hall–Kier alpha value is -1.47. The van der Waals surface area contributed by atoms with Crippen molar-refractivity contribution < 1.29 is 13.2 Å². The lowest BCUT2D eigenvalue weighted by molar-refractivity contribution is 0.166. The second-order valence-electron chi connectivity index (χ2n) is 6.15. The molecule has 1 aliphatic carbocycles. The lowest BCUT2D eigenvalue weighted by atomic mass is 10.00. The van der Waals surface area contributed by atoms with Crippen LogP contribution in [0.1, 0.15) is 11.5 Å². The Morgan fingerprint density at radius 3 is 2.48 bits per heavy atom. The van der Waals surface area contributed by atoms with E-state index in [1.807, 2.05) is 6.07 Å². The topological polar surface area (TPSA) is 69.4 Å². The van der Waals surface area contributed by atoms with Gasteiger partial charge in [0.15, 0.2) is 9.84 Å². The lowest BCUT2D eigenvalue weighted by Gasteiger charge is -2.16. The van der Waals surface area contributed by atoms with Crippen molar-refractivity contribution >= 4 is 38.6 Å². The Kier molecular flexibility index (Phi) is 4.90. The number of sulfone groups is 1. The molecule has 0 spiro atoms. The first kappa shape index (κ1) is 18.3. The van der Waals surface area contributed by atoms with Gasteiger partial charge in [0.25, 0.3) is 0 Å². The third-order valence-electron chi connectivity index (χ3n) is 4.71. The molecular weight excluding hydrogens is 378 g/mol. The molecule has 0 bridgehead atoms. The van der Waals surface area contributed by atoms with E-state index in [-0.39, 0.29) is 16.5 Å². The fourth-order valence-corrected chi connectivity index (χ4v) is 6.56. The molecule has 0 unspecified atom stereocenters. The molecule has 2 aromatic carbocycles. The molecule has 0 saturated heterocycles. The standard InChI is InChI=1S/C18H18ClNO3S2/c1-23-11-18(17(20)24)15(12-6-5-7-13(19)10-12)16(18)25(21,22)14-8-3-2-4-9-14/h2-10,15-16H,11H2,1H3,(H2,20,24)/t15-,16-,18+/m1/s1. The van der Waals surface area contributed by atoms with Crippen molar-refractivity contribution in [3.63, 3.8) is 0 Å². The van der Waals surface area contributed by atoms with Gasteiger partial charge in [-0.05, 0) is 29.8 Å². The van der Waals surface area contributed by atoms with Crippen LogP contribution in [0.5, 0.6) is 0 Å². The quantitative estimate of drug-likeness (QED) is 0.760. The first-order valence-corrected chi connectivity index (χ1v) is 10.0. The Labute approximate surface area is 157 Å². The lowest BCUT2D eigenvalue weighted by Crippen LogP contribution is -2.33. The van der Waals surface area contributed by atoms with Crippen molar-refractivity contribution in [2.45, 2.75) is 16.1 Å². The number of nitrogens with two attached hydrogens (primary N) is 1. The predicted molar refractivity (Wildman–Crippen MR) is 103 cm³/mol. The summed E-state index contributed by atoms with van der Waals surface area (Å²) in [5.41, 5.74) is 5.86. The fraction of sp³-hybridized carbons (Fsp3) is 0.278. The number of benzene rings is 2. The Morgan fingerprint density at radius 1 is 1.24 bits per heavy atom. The molecule has 2 aromatic rings. The maximum Gasteiger partial charge on any atom is 0.182 e. The monoisotopic (exact) mass is 395 g/mol. The molecule has 0 aromatic heterocycles. The molecule has 2 N–H and O–H groups in total. The summed E-state index contributed by atoms with van der Waals surface area (Å²) in [7, 11) is -2.13. The zero-order chi connectivity index (χ0) is 18.2. The van der Waals surface area contributed by atoms with E-state index in [1.165, 1.54) is 7.11 Å². The largest absolute Gasteiger partial charge is 0.393 e. The molecule has 0 heterocycles. The van der Waals surface area contributed by atoms with Crippen molar-refractivity contribution in [1.29, 1.82) is 0 Å². The Morgan fingerprint density at radius 2 is 1.92 bits per heavy atom. The Bertz CT molecular complexity index is 902.